The van der Waals surface area contributed by atoms with Gasteiger partial charge < -0.3 is 14.2 Å². The van der Waals surface area contributed by atoms with E-state index in [0.29, 0.717) is 40.5 Å². The Balaban J connectivity index is 1.39. The van der Waals surface area contributed by atoms with Crippen LogP contribution < -0.4 is 14.2 Å². The molecule has 1 aliphatic heterocycles. The second-order valence-corrected chi connectivity index (χ2v) is 8.84. The molecule has 0 bridgehead atoms. The van der Waals surface area contributed by atoms with Crippen LogP contribution in [0.5, 0.6) is 17.2 Å². The molecule has 1 saturated heterocycles. The van der Waals surface area contributed by atoms with Crippen molar-refractivity contribution in [3.8, 4) is 17.2 Å². The van der Waals surface area contributed by atoms with E-state index in [1.54, 1.807) is 12.0 Å². The van der Waals surface area contributed by atoms with Crippen molar-refractivity contribution in [2.24, 2.45) is 0 Å². The van der Waals surface area contributed by atoms with Gasteiger partial charge in [0.05, 0.1) is 18.6 Å². The van der Waals surface area contributed by atoms with E-state index >= 15 is 0 Å². The van der Waals surface area contributed by atoms with Crippen molar-refractivity contribution in [1.29, 1.82) is 0 Å². The summed E-state index contributed by atoms with van der Waals surface area (Å²) in [5, 5.41) is 0. The molecular formula is C26H23NO4S2. The second kappa shape index (κ2) is 11.0. The van der Waals surface area contributed by atoms with Crippen LogP contribution in [0.15, 0.2) is 83.8 Å². The number of hydrogen-bond donors (Lipinski definition) is 0. The monoisotopic (exact) mass is 477 g/mol. The van der Waals surface area contributed by atoms with Crippen molar-refractivity contribution < 1.29 is 19.0 Å². The minimum Gasteiger partial charge on any atom is -0.497 e. The highest BCUT2D eigenvalue weighted by Gasteiger charge is 2.32. The maximum absolute atomic E-state index is 13.0. The fourth-order valence-electron chi connectivity index (χ4n) is 3.28. The van der Waals surface area contributed by atoms with E-state index < -0.39 is 0 Å². The summed E-state index contributed by atoms with van der Waals surface area (Å²) in [6.45, 7) is 1.19. The van der Waals surface area contributed by atoms with Gasteiger partial charge in [0.2, 0.25) is 0 Å². The van der Waals surface area contributed by atoms with Crippen molar-refractivity contribution in [3.63, 3.8) is 0 Å². The summed E-state index contributed by atoms with van der Waals surface area (Å²) >= 11 is 6.77. The van der Waals surface area contributed by atoms with E-state index in [-0.39, 0.29) is 5.91 Å². The Bertz CT molecular complexity index is 1160. The predicted molar refractivity (Wildman–Crippen MR) is 136 cm³/mol. The van der Waals surface area contributed by atoms with Crippen LogP contribution in [0, 0.1) is 0 Å². The van der Waals surface area contributed by atoms with E-state index in [0.717, 1.165) is 16.9 Å². The van der Waals surface area contributed by atoms with Crippen LogP contribution in [-0.4, -0.2) is 35.5 Å². The number of thioether (sulfide) groups is 1. The summed E-state index contributed by atoms with van der Waals surface area (Å²) in [5.41, 5.74) is 1.86. The predicted octanol–water partition coefficient (Wildman–Crippen LogP) is 5.55. The zero-order valence-electron chi connectivity index (χ0n) is 18.1. The van der Waals surface area contributed by atoms with E-state index in [2.05, 4.69) is 0 Å². The highest BCUT2D eigenvalue weighted by molar-refractivity contribution is 8.26. The van der Waals surface area contributed by atoms with Crippen molar-refractivity contribution >= 4 is 40.3 Å². The lowest BCUT2D eigenvalue weighted by molar-refractivity contribution is -0.122. The molecule has 1 fully saturated rings. The Morgan fingerprint density at radius 1 is 0.909 bits per heavy atom. The van der Waals surface area contributed by atoms with Gasteiger partial charge in [-0.2, -0.15) is 0 Å². The highest BCUT2D eigenvalue weighted by Crippen LogP contribution is 2.35. The average molecular weight is 478 g/mol. The summed E-state index contributed by atoms with van der Waals surface area (Å²) in [6, 6.07) is 24.9. The minimum atomic E-state index is -0.0926. The van der Waals surface area contributed by atoms with Gasteiger partial charge in [0.25, 0.3) is 5.91 Å². The Hall–Kier alpha value is -3.29. The first-order valence-electron chi connectivity index (χ1n) is 10.4. The molecule has 0 N–H and O–H groups in total. The first-order chi connectivity index (χ1) is 16.1. The zero-order valence-corrected chi connectivity index (χ0v) is 19.7. The number of carbonyl (C=O) groups excluding carboxylic acids is 1. The Labute approximate surface area is 203 Å². The summed E-state index contributed by atoms with van der Waals surface area (Å²) in [7, 11) is 1.62. The topological polar surface area (TPSA) is 48.0 Å². The molecule has 0 radical (unpaired) electrons. The van der Waals surface area contributed by atoms with E-state index in [9.17, 15) is 4.79 Å². The first kappa shape index (κ1) is 22.9. The molecule has 1 amide bonds. The van der Waals surface area contributed by atoms with E-state index in [1.165, 1.54) is 11.8 Å². The van der Waals surface area contributed by atoms with Gasteiger partial charge in [-0.05, 0) is 29.8 Å². The summed E-state index contributed by atoms with van der Waals surface area (Å²) < 4.78 is 17.4. The van der Waals surface area contributed by atoms with Crippen LogP contribution in [0.4, 0.5) is 0 Å². The number of thiocarbonyl (C=S) groups is 1. The van der Waals surface area contributed by atoms with Crippen LogP contribution in [0.2, 0.25) is 0 Å². The number of carbonyl (C=O) groups is 1. The number of nitrogens with zero attached hydrogens (tertiary/aromatic N) is 1. The lowest BCUT2D eigenvalue weighted by Gasteiger charge is -2.14. The van der Waals surface area contributed by atoms with Gasteiger partial charge >= 0.3 is 0 Å². The van der Waals surface area contributed by atoms with Gasteiger partial charge in [-0.25, -0.2) is 0 Å². The van der Waals surface area contributed by atoms with Crippen molar-refractivity contribution in [2.45, 2.75) is 6.54 Å². The number of benzene rings is 3. The molecule has 1 heterocycles. The number of para-hydroxylation sites is 1. The maximum Gasteiger partial charge on any atom is 0.266 e. The maximum atomic E-state index is 13.0. The second-order valence-electron chi connectivity index (χ2n) is 7.17. The smallest absolute Gasteiger partial charge is 0.266 e. The lowest BCUT2D eigenvalue weighted by Crippen LogP contribution is -2.27. The molecule has 33 heavy (non-hydrogen) atoms. The summed E-state index contributed by atoms with van der Waals surface area (Å²) in [4.78, 5) is 15.2. The minimum absolute atomic E-state index is 0.0926. The van der Waals surface area contributed by atoms with E-state index in [4.69, 9.17) is 26.4 Å². The molecule has 0 aliphatic carbocycles. The normalized spacial score (nSPS) is 14.6. The molecular weight excluding hydrogens is 454 g/mol. The van der Waals surface area contributed by atoms with Gasteiger partial charge in [0.1, 0.15) is 34.8 Å². The number of ether oxygens (including phenoxy) is 3. The molecule has 5 nitrogen and oxygen atoms in total. The van der Waals surface area contributed by atoms with Crippen LogP contribution in [0.3, 0.4) is 0 Å². The molecule has 1 aliphatic rings. The molecule has 0 spiro atoms. The fraction of sp³-hybridized carbons (Fsp3) is 0.154. The SMILES string of the molecule is COc1cccc(OCCOc2ccccc2C=C2SC(=S)N(Cc3ccccc3)C2=O)c1. The van der Waals surface area contributed by atoms with Gasteiger partial charge in [-0.15, -0.1) is 0 Å². The van der Waals surface area contributed by atoms with Gasteiger partial charge in [-0.3, -0.25) is 9.69 Å². The molecule has 168 valence electrons. The van der Waals surface area contributed by atoms with Gasteiger partial charge in [-0.1, -0.05) is 78.6 Å². The third-order valence-electron chi connectivity index (χ3n) is 4.91. The zero-order chi connectivity index (χ0) is 23.0. The van der Waals surface area contributed by atoms with Gasteiger partial charge in [0.15, 0.2) is 0 Å². The number of methoxy groups -OCH3 is 1. The molecule has 0 unspecified atom stereocenters. The quantitative estimate of drug-likeness (QED) is 0.229. The van der Waals surface area contributed by atoms with E-state index in [1.807, 2.05) is 84.9 Å². The van der Waals surface area contributed by atoms with Crippen molar-refractivity contribution in [3.05, 3.63) is 94.9 Å². The highest BCUT2D eigenvalue weighted by atomic mass is 32.2. The molecule has 3 aromatic rings. The third kappa shape index (κ3) is 5.94. The average Bonchev–Trinajstić information content (AvgIpc) is 3.11. The fourth-order valence-corrected chi connectivity index (χ4v) is 4.52. The standard InChI is InChI=1S/C26H23NO4S2/c1-29-21-11-7-12-22(17-21)30-14-15-31-23-13-6-5-10-20(23)16-24-25(28)27(26(32)33-24)18-19-8-3-2-4-9-19/h2-13,16-17H,14-15,18H2,1H3. The number of hydrogen-bond acceptors (Lipinski definition) is 6. The molecule has 0 aromatic heterocycles. The number of rotatable bonds is 9. The molecule has 0 atom stereocenters. The van der Waals surface area contributed by atoms with Crippen LogP contribution in [-0.2, 0) is 11.3 Å². The Kier molecular flexibility index (Phi) is 7.65. The van der Waals surface area contributed by atoms with Crippen molar-refractivity contribution in [1.82, 2.24) is 4.90 Å². The number of amides is 1. The molecule has 3 aromatic carbocycles. The first-order valence-corrected chi connectivity index (χ1v) is 11.6. The van der Waals surface area contributed by atoms with Crippen molar-refractivity contribution in [2.75, 3.05) is 20.3 Å². The Morgan fingerprint density at radius 2 is 1.64 bits per heavy atom. The third-order valence-corrected chi connectivity index (χ3v) is 6.29. The summed E-state index contributed by atoms with van der Waals surface area (Å²) in [6.07, 6.45) is 1.84. The largest absolute Gasteiger partial charge is 0.497 e. The lowest BCUT2D eigenvalue weighted by atomic mass is 10.1. The van der Waals surface area contributed by atoms with Gasteiger partial charge in [0, 0.05) is 11.6 Å². The molecule has 7 heteroatoms. The molecule has 0 saturated carbocycles. The Morgan fingerprint density at radius 3 is 2.45 bits per heavy atom. The molecule has 4 rings (SSSR count). The van der Waals surface area contributed by atoms with Crippen LogP contribution in [0.25, 0.3) is 6.08 Å². The summed E-state index contributed by atoms with van der Waals surface area (Å²) in [5.74, 6) is 2.04. The van der Waals surface area contributed by atoms with Crippen LogP contribution in [0.1, 0.15) is 11.1 Å². The van der Waals surface area contributed by atoms with Crippen LogP contribution >= 0.6 is 24.0 Å².